The number of nitrogens with zero attached hydrogens (tertiary/aromatic N) is 2. The van der Waals surface area contributed by atoms with E-state index in [1.165, 1.54) is 25.9 Å². The Bertz CT molecular complexity index is 245. The third kappa shape index (κ3) is 3.92. The van der Waals surface area contributed by atoms with Crippen LogP contribution in [0.2, 0.25) is 0 Å². The molecule has 0 aromatic rings. The van der Waals surface area contributed by atoms with Gasteiger partial charge >= 0.3 is 0 Å². The highest BCUT2D eigenvalue weighted by Gasteiger charge is 2.30. The van der Waals surface area contributed by atoms with Crippen molar-refractivity contribution in [3.05, 3.63) is 0 Å². The van der Waals surface area contributed by atoms with Crippen LogP contribution in [0.15, 0.2) is 0 Å². The summed E-state index contributed by atoms with van der Waals surface area (Å²) in [6, 6.07) is 0. The summed E-state index contributed by atoms with van der Waals surface area (Å²) in [4.78, 5) is 5.05. The van der Waals surface area contributed by atoms with Gasteiger partial charge in [0.1, 0.15) is 0 Å². The quantitative estimate of drug-likeness (QED) is 0.786. The molecule has 4 heteroatoms. The molecular weight excluding hydrogens is 226 g/mol. The minimum atomic E-state index is 0.259. The van der Waals surface area contributed by atoms with Gasteiger partial charge in [-0.2, -0.15) is 0 Å². The van der Waals surface area contributed by atoms with E-state index >= 15 is 0 Å². The minimum absolute atomic E-state index is 0.259. The van der Waals surface area contributed by atoms with Crippen LogP contribution in [-0.2, 0) is 4.74 Å². The molecule has 18 heavy (non-hydrogen) atoms. The second kappa shape index (κ2) is 6.33. The van der Waals surface area contributed by atoms with Gasteiger partial charge in [-0.15, -0.1) is 0 Å². The molecule has 0 saturated carbocycles. The van der Waals surface area contributed by atoms with Gasteiger partial charge in [0.15, 0.2) is 0 Å². The summed E-state index contributed by atoms with van der Waals surface area (Å²) >= 11 is 0. The standard InChI is InChI=1S/C14H29N3O/c1-14(2,17-8-6-15-7-9-17)12-16(3)11-13-5-4-10-18-13/h13,15H,4-12H2,1-3H3. The Morgan fingerprint density at radius 2 is 2.06 bits per heavy atom. The molecule has 0 bridgehead atoms. The Hall–Kier alpha value is -0.160. The molecule has 2 fully saturated rings. The SMILES string of the molecule is CN(CC1CCCO1)CC(C)(C)N1CCNCC1. The first kappa shape index (κ1) is 14.3. The van der Waals surface area contributed by atoms with E-state index < -0.39 is 0 Å². The number of rotatable bonds is 5. The van der Waals surface area contributed by atoms with Crippen molar-refractivity contribution in [1.82, 2.24) is 15.1 Å². The van der Waals surface area contributed by atoms with Crippen LogP contribution in [-0.4, -0.2) is 74.4 Å². The van der Waals surface area contributed by atoms with Crippen LogP contribution in [0, 0.1) is 0 Å². The molecule has 2 saturated heterocycles. The van der Waals surface area contributed by atoms with Gasteiger partial charge < -0.3 is 15.0 Å². The van der Waals surface area contributed by atoms with E-state index in [1.54, 1.807) is 0 Å². The maximum absolute atomic E-state index is 5.72. The highest BCUT2D eigenvalue weighted by atomic mass is 16.5. The van der Waals surface area contributed by atoms with Crippen molar-refractivity contribution >= 4 is 0 Å². The van der Waals surface area contributed by atoms with E-state index in [0.29, 0.717) is 6.10 Å². The number of nitrogens with one attached hydrogen (secondary N) is 1. The Balaban J connectivity index is 1.78. The summed E-state index contributed by atoms with van der Waals surface area (Å²) < 4.78 is 5.72. The molecule has 0 aromatic heterocycles. The van der Waals surface area contributed by atoms with Crippen molar-refractivity contribution in [2.24, 2.45) is 0 Å². The van der Waals surface area contributed by atoms with E-state index in [0.717, 1.165) is 32.8 Å². The predicted molar refractivity (Wildman–Crippen MR) is 75.0 cm³/mol. The van der Waals surface area contributed by atoms with Gasteiger partial charge in [0.2, 0.25) is 0 Å². The van der Waals surface area contributed by atoms with Gasteiger partial charge in [-0.1, -0.05) is 0 Å². The summed E-state index contributed by atoms with van der Waals surface area (Å²) in [6.45, 7) is 12.5. The monoisotopic (exact) mass is 255 g/mol. The fraction of sp³-hybridized carbons (Fsp3) is 1.00. The van der Waals surface area contributed by atoms with Crippen molar-refractivity contribution in [2.45, 2.75) is 38.3 Å². The zero-order valence-corrected chi connectivity index (χ0v) is 12.2. The molecule has 0 radical (unpaired) electrons. The first-order chi connectivity index (χ1) is 8.58. The Morgan fingerprint density at radius 1 is 1.33 bits per heavy atom. The fourth-order valence-corrected chi connectivity index (χ4v) is 3.23. The smallest absolute Gasteiger partial charge is 0.0702 e. The van der Waals surface area contributed by atoms with Crippen LogP contribution in [0.25, 0.3) is 0 Å². The molecule has 0 spiro atoms. The number of ether oxygens (including phenoxy) is 1. The predicted octanol–water partition coefficient (Wildman–Crippen LogP) is 0.781. The Labute approximate surface area is 112 Å². The van der Waals surface area contributed by atoms with Gasteiger partial charge in [0, 0.05) is 51.4 Å². The van der Waals surface area contributed by atoms with Crippen LogP contribution < -0.4 is 5.32 Å². The van der Waals surface area contributed by atoms with Crippen LogP contribution in [0.4, 0.5) is 0 Å². The van der Waals surface area contributed by atoms with Crippen LogP contribution in [0.5, 0.6) is 0 Å². The van der Waals surface area contributed by atoms with Crippen molar-refractivity contribution in [2.75, 3.05) is 52.9 Å². The second-order valence-corrected chi connectivity index (χ2v) is 6.38. The average molecular weight is 255 g/mol. The summed E-state index contributed by atoms with van der Waals surface area (Å²) in [5.41, 5.74) is 0.259. The number of hydrogen-bond acceptors (Lipinski definition) is 4. The molecule has 1 unspecified atom stereocenters. The second-order valence-electron chi connectivity index (χ2n) is 6.38. The molecule has 2 aliphatic heterocycles. The van der Waals surface area contributed by atoms with E-state index in [9.17, 15) is 0 Å². The Morgan fingerprint density at radius 3 is 2.67 bits per heavy atom. The third-order valence-electron chi connectivity index (χ3n) is 4.17. The maximum atomic E-state index is 5.72. The molecule has 106 valence electrons. The van der Waals surface area contributed by atoms with Crippen molar-refractivity contribution in [3.63, 3.8) is 0 Å². The molecule has 1 N–H and O–H groups in total. The van der Waals surface area contributed by atoms with E-state index in [4.69, 9.17) is 4.74 Å². The first-order valence-electron chi connectivity index (χ1n) is 7.34. The zero-order chi connectivity index (χ0) is 13.0. The maximum Gasteiger partial charge on any atom is 0.0702 e. The van der Waals surface area contributed by atoms with Gasteiger partial charge in [-0.3, -0.25) is 4.90 Å². The number of piperazine rings is 1. The molecule has 2 aliphatic rings. The van der Waals surface area contributed by atoms with Crippen LogP contribution in [0.3, 0.4) is 0 Å². The van der Waals surface area contributed by atoms with Crippen molar-refractivity contribution < 1.29 is 4.74 Å². The Kier molecular flexibility index (Phi) is 5.01. The molecule has 4 nitrogen and oxygen atoms in total. The molecule has 0 aliphatic carbocycles. The summed E-state index contributed by atoms with van der Waals surface area (Å²) in [7, 11) is 2.23. The van der Waals surface area contributed by atoms with Crippen LogP contribution >= 0.6 is 0 Å². The van der Waals surface area contributed by atoms with Gasteiger partial charge in [0.05, 0.1) is 6.10 Å². The lowest BCUT2D eigenvalue weighted by Gasteiger charge is -2.43. The highest BCUT2D eigenvalue weighted by Crippen LogP contribution is 2.18. The van der Waals surface area contributed by atoms with Crippen molar-refractivity contribution in [3.8, 4) is 0 Å². The third-order valence-corrected chi connectivity index (χ3v) is 4.17. The summed E-state index contributed by atoms with van der Waals surface area (Å²) in [5, 5.41) is 3.42. The van der Waals surface area contributed by atoms with Crippen molar-refractivity contribution in [1.29, 1.82) is 0 Å². The molecular formula is C14H29N3O. The molecule has 0 amide bonds. The number of likely N-dealkylation sites (N-methyl/N-ethyl adjacent to an activating group) is 1. The summed E-state index contributed by atoms with van der Waals surface area (Å²) in [5.74, 6) is 0. The van der Waals surface area contributed by atoms with E-state index in [2.05, 4.69) is 36.0 Å². The molecule has 2 rings (SSSR count). The lowest BCUT2D eigenvalue weighted by Crippen LogP contribution is -2.57. The van der Waals surface area contributed by atoms with Gasteiger partial charge in [-0.05, 0) is 33.7 Å². The lowest BCUT2D eigenvalue weighted by molar-refractivity contribution is 0.0408. The average Bonchev–Trinajstić information content (AvgIpc) is 2.82. The van der Waals surface area contributed by atoms with E-state index in [1.807, 2.05) is 0 Å². The highest BCUT2D eigenvalue weighted by molar-refractivity contribution is 4.87. The normalized spacial score (nSPS) is 27.0. The lowest BCUT2D eigenvalue weighted by atomic mass is 10.0. The largest absolute Gasteiger partial charge is 0.377 e. The molecule has 0 aromatic carbocycles. The van der Waals surface area contributed by atoms with E-state index in [-0.39, 0.29) is 5.54 Å². The first-order valence-corrected chi connectivity index (χ1v) is 7.34. The van der Waals surface area contributed by atoms with Gasteiger partial charge in [0.25, 0.3) is 0 Å². The molecule has 2 heterocycles. The molecule has 1 atom stereocenters. The minimum Gasteiger partial charge on any atom is -0.377 e. The van der Waals surface area contributed by atoms with Gasteiger partial charge in [-0.25, -0.2) is 0 Å². The topological polar surface area (TPSA) is 27.7 Å². The van der Waals surface area contributed by atoms with Crippen LogP contribution in [0.1, 0.15) is 26.7 Å². The fourth-order valence-electron chi connectivity index (χ4n) is 3.23. The zero-order valence-electron chi connectivity index (χ0n) is 12.2. The number of hydrogen-bond donors (Lipinski definition) is 1. The summed E-state index contributed by atoms with van der Waals surface area (Å²) in [6.07, 6.45) is 2.94.